The number of aromatic nitrogens is 2. The molecule has 23 heavy (non-hydrogen) atoms. The van der Waals surface area contributed by atoms with Gasteiger partial charge in [0.1, 0.15) is 0 Å². The lowest BCUT2D eigenvalue weighted by molar-refractivity contribution is 0.102. The molecule has 3 rings (SSSR count). The van der Waals surface area contributed by atoms with Crippen molar-refractivity contribution >= 4 is 28.6 Å². The second kappa shape index (κ2) is 6.26. The van der Waals surface area contributed by atoms with E-state index < -0.39 is 0 Å². The van der Waals surface area contributed by atoms with E-state index in [1.54, 1.807) is 17.5 Å². The maximum Gasteiger partial charge on any atom is 0.255 e. The number of carbonyl (C=O) groups excluding carboxylic acids is 1. The van der Waals surface area contributed by atoms with Crippen molar-refractivity contribution in [2.24, 2.45) is 0 Å². The van der Waals surface area contributed by atoms with Crippen molar-refractivity contribution in [2.45, 2.75) is 6.92 Å². The highest BCUT2D eigenvalue weighted by molar-refractivity contribution is 7.16. The van der Waals surface area contributed by atoms with E-state index in [1.165, 1.54) is 0 Å². The normalized spacial score (nSPS) is 10.6. The number of hydrogen-bond acceptors (Lipinski definition) is 4. The van der Waals surface area contributed by atoms with Crippen molar-refractivity contribution in [3.63, 3.8) is 0 Å². The molecule has 0 saturated carbocycles. The molecule has 2 N–H and O–H groups in total. The highest BCUT2D eigenvalue weighted by Crippen LogP contribution is 2.33. The van der Waals surface area contributed by atoms with Gasteiger partial charge in [-0.3, -0.25) is 9.89 Å². The first-order chi connectivity index (χ1) is 11.0. The van der Waals surface area contributed by atoms with Crippen LogP contribution in [0.1, 0.15) is 15.2 Å². The zero-order valence-electron chi connectivity index (χ0n) is 13.3. The molecule has 0 atom stereocenters. The fraction of sp³-hybridized carbons (Fsp3) is 0.176. The third-order valence-electron chi connectivity index (χ3n) is 3.56. The monoisotopic (exact) mass is 326 g/mol. The molecule has 0 unspecified atom stereocenters. The summed E-state index contributed by atoms with van der Waals surface area (Å²) in [6.45, 7) is 2.00. The van der Waals surface area contributed by atoms with Crippen LogP contribution in [0.4, 0.5) is 11.4 Å². The number of aromatic amines is 1. The molecule has 3 aromatic rings. The molecule has 0 fully saturated rings. The third kappa shape index (κ3) is 3.27. The minimum absolute atomic E-state index is 0.106. The first-order valence-corrected chi connectivity index (χ1v) is 8.05. The predicted octanol–water partition coefficient (Wildman–Crippen LogP) is 3.76. The van der Waals surface area contributed by atoms with Crippen LogP contribution in [0.2, 0.25) is 0 Å². The van der Waals surface area contributed by atoms with Gasteiger partial charge >= 0.3 is 0 Å². The number of nitrogens with zero attached hydrogens (tertiary/aromatic N) is 2. The second-order valence-electron chi connectivity index (χ2n) is 5.45. The summed E-state index contributed by atoms with van der Waals surface area (Å²) in [6, 6.07) is 11.5. The Balaban J connectivity index is 1.82. The molecule has 2 aromatic heterocycles. The largest absolute Gasteiger partial charge is 0.378 e. The lowest BCUT2D eigenvalue weighted by Crippen LogP contribution is -2.14. The summed E-state index contributed by atoms with van der Waals surface area (Å²) in [6.07, 6.45) is 1.72. The van der Waals surface area contributed by atoms with Gasteiger partial charge < -0.3 is 10.2 Å². The van der Waals surface area contributed by atoms with E-state index >= 15 is 0 Å². The average molecular weight is 326 g/mol. The van der Waals surface area contributed by atoms with Gasteiger partial charge in [0, 0.05) is 36.4 Å². The van der Waals surface area contributed by atoms with Crippen molar-refractivity contribution in [2.75, 3.05) is 24.3 Å². The lowest BCUT2D eigenvalue weighted by atomic mass is 10.1. The molecule has 2 heterocycles. The van der Waals surface area contributed by atoms with Crippen LogP contribution in [-0.4, -0.2) is 30.2 Å². The molecule has 1 amide bonds. The number of nitrogens with one attached hydrogen (secondary N) is 2. The van der Waals surface area contributed by atoms with Gasteiger partial charge in [0.2, 0.25) is 0 Å². The molecule has 0 aliphatic heterocycles. The van der Waals surface area contributed by atoms with Crippen molar-refractivity contribution in [3.8, 4) is 10.6 Å². The van der Waals surface area contributed by atoms with Gasteiger partial charge in [0.05, 0.1) is 16.3 Å². The number of amides is 1. The van der Waals surface area contributed by atoms with Crippen molar-refractivity contribution in [1.82, 2.24) is 10.2 Å². The minimum atomic E-state index is -0.106. The standard InChI is InChI=1S/C17H18N4OS/c1-11-15(10-16(23-11)14-7-8-18-20-14)19-17(22)12-5-4-6-13(9-12)21(2)3/h4-10H,1-3H3,(H,18,20)(H,19,22). The molecule has 0 radical (unpaired) electrons. The SMILES string of the molecule is Cc1sc(-c2ccn[nH]2)cc1NC(=O)c1cccc(N(C)C)c1. The van der Waals surface area contributed by atoms with E-state index in [2.05, 4.69) is 15.5 Å². The first kappa shape index (κ1) is 15.3. The summed E-state index contributed by atoms with van der Waals surface area (Å²) in [5.41, 5.74) is 3.43. The quantitative estimate of drug-likeness (QED) is 0.767. The van der Waals surface area contributed by atoms with Gasteiger partial charge in [-0.05, 0) is 37.3 Å². The topological polar surface area (TPSA) is 61.0 Å². The lowest BCUT2D eigenvalue weighted by Gasteiger charge is -2.13. The summed E-state index contributed by atoms with van der Waals surface area (Å²) < 4.78 is 0. The van der Waals surface area contributed by atoms with Gasteiger partial charge in [-0.2, -0.15) is 5.10 Å². The van der Waals surface area contributed by atoms with E-state index in [9.17, 15) is 4.79 Å². The fourth-order valence-corrected chi connectivity index (χ4v) is 3.20. The zero-order chi connectivity index (χ0) is 16.4. The number of rotatable bonds is 4. The molecular formula is C17H18N4OS. The first-order valence-electron chi connectivity index (χ1n) is 7.23. The van der Waals surface area contributed by atoms with E-state index in [-0.39, 0.29) is 5.91 Å². The second-order valence-corrected chi connectivity index (χ2v) is 6.71. The Morgan fingerprint density at radius 1 is 1.26 bits per heavy atom. The van der Waals surface area contributed by atoms with Gasteiger partial charge in [-0.25, -0.2) is 0 Å². The average Bonchev–Trinajstić information content (AvgIpc) is 3.18. The number of thiophene rings is 1. The molecule has 1 aromatic carbocycles. The van der Waals surface area contributed by atoms with Crippen LogP contribution in [0.5, 0.6) is 0 Å². The minimum Gasteiger partial charge on any atom is -0.378 e. The zero-order valence-corrected chi connectivity index (χ0v) is 14.1. The number of carbonyl (C=O) groups is 1. The van der Waals surface area contributed by atoms with Crippen LogP contribution in [0.3, 0.4) is 0 Å². The molecule has 0 bridgehead atoms. The Labute approximate surface area is 139 Å². The molecule has 0 aliphatic rings. The molecule has 6 heteroatoms. The summed E-state index contributed by atoms with van der Waals surface area (Å²) in [5.74, 6) is -0.106. The summed E-state index contributed by atoms with van der Waals surface area (Å²) >= 11 is 1.62. The maximum absolute atomic E-state index is 12.5. The highest BCUT2D eigenvalue weighted by Gasteiger charge is 2.13. The fourth-order valence-electron chi connectivity index (χ4n) is 2.25. The van der Waals surface area contributed by atoms with Crippen LogP contribution in [-0.2, 0) is 0 Å². The molecule has 0 spiro atoms. The smallest absolute Gasteiger partial charge is 0.255 e. The van der Waals surface area contributed by atoms with Gasteiger partial charge in [0.15, 0.2) is 0 Å². The van der Waals surface area contributed by atoms with Crippen molar-refractivity contribution < 1.29 is 4.79 Å². The maximum atomic E-state index is 12.5. The number of hydrogen-bond donors (Lipinski definition) is 2. The summed E-state index contributed by atoms with van der Waals surface area (Å²) in [7, 11) is 3.91. The van der Waals surface area contributed by atoms with Crippen LogP contribution in [0.15, 0.2) is 42.6 Å². The Bertz CT molecular complexity index is 821. The predicted molar refractivity (Wildman–Crippen MR) is 95.4 cm³/mol. The van der Waals surface area contributed by atoms with Gasteiger partial charge in [-0.1, -0.05) is 6.07 Å². The molecular weight excluding hydrogens is 308 g/mol. The molecule has 0 aliphatic carbocycles. The number of aryl methyl sites for hydroxylation is 1. The van der Waals surface area contributed by atoms with Crippen LogP contribution >= 0.6 is 11.3 Å². The van der Waals surface area contributed by atoms with E-state index in [0.717, 1.165) is 26.8 Å². The highest BCUT2D eigenvalue weighted by atomic mass is 32.1. The van der Waals surface area contributed by atoms with Crippen molar-refractivity contribution in [1.29, 1.82) is 0 Å². The molecule has 0 saturated heterocycles. The molecule has 118 valence electrons. The van der Waals surface area contributed by atoms with Crippen LogP contribution < -0.4 is 10.2 Å². The Morgan fingerprint density at radius 3 is 2.78 bits per heavy atom. The molecule has 5 nitrogen and oxygen atoms in total. The van der Waals surface area contributed by atoms with Gasteiger partial charge in [0.25, 0.3) is 5.91 Å². The van der Waals surface area contributed by atoms with Crippen LogP contribution in [0, 0.1) is 6.92 Å². The number of H-pyrrole nitrogens is 1. The van der Waals surface area contributed by atoms with Crippen LogP contribution in [0.25, 0.3) is 10.6 Å². The van der Waals surface area contributed by atoms with Crippen molar-refractivity contribution in [3.05, 3.63) is 53.0 Å². The summed E-state index contributed by atoms with van der Waals surface area (Å²) in [5, 5.41) is 9.90. The Hall–Kier alpha value is -2.60. The number of benzene rings is 1. The Kier molecular flexibility index (Phi) is 4.16. The summed E-state index contributed by atoms with van der Waals surface area (Å²) in [4.78, 5) is 16.6. The third-order valence-corrected chi connectivity index (χ3v) is 4.64. The Morgan fingerprint density at radius 2 is 2.09 bits per heavy atom. The van der Waals surface area contributed by atoms with Gasteiger partial charge in [-0.15, -0.1) is 11.3 Å². The van der Waals surface area contributed by atoms with E-state index in [1.807, 2.05) is 62.3 Å². The van der Waals surface area contributed by atoms with E-state index in [0.29, 0.717) is 5.56 Å². The number of anilines is 2. The van der Waals surface area contributed by atoms with E-state index in [4.69, 9.17) is 0 Å².